The Kier molecular flexibility index (Phi) is 5.46. The number of rotatable bonds is 5. The van der Waals surface area contributed by atoms with Crippen LogP contribution in [0.15, 0.2) is 58.1 Å². The Morgan fingerprint density at radius 2 is 1.85 bits per heavy atom. The monoisotopic (exact) mass is 418 g/mol. The van der Waals surface area contributed by atoms with E-state index in [-0.39, 0.29) is 12.8 Å². The van der Waals surface area contributed by atoms with Crippen molar-refractivity contribution in [1.29, 1.82) is 0 Å². The number of benzene rings is 2. The van der Waals surface area contributed by atoms with Gasteiger partial charge in [0.05, 0.1) is 18.2 Å². The van der Waals surface area contributed by atoms with Crippen LogP contribution in [0, 0.1) is 5.82 Å². The van der Waals surface area contributed by atoms with Gasteiger partial charge in [-0.3, -0.25) is 9.59 Å². The molecule has 1 atom stereocenters. The summed E-state index contributed by atoms with van der Waals surface area (Å²) in [5.74, 6) is -1.91. The lowest BCUT2D eigenvalue weighted by molar-refractivity contribution is -0.141. The van der Waals surface area contributed by atoms with E-state index < -0.39 is 23.7 Å². The summed E-state index contributed by atoms with van der Waals surface area (Å²) >= 11 is 3.37. The van der Waals surface area contributed by atoms with Crippen molar-refractivity contribution in [2.75, 3.05) is 0 Å². The molecule has 0 saturated heterocycles. The zero-order valence-corrected chi connectivity index (χ0v) is 15.3. The molecule has 3 rings (SSSR count). The summed E-state index contributed by atoms with van der Waals surface area (Å²) in [6.07, 6.45) is -0.110. The quantitative estimate of drug-likeness (QED) is 0.793. The normalized spacial score (nSPS) is 16.5. The average molecular weight is 419 g/mol. The highest BCUT2D eigenvalue weighted by molar-refractivity contribution is 9.10. The molecule has 1 unspecified atom stereocenters. The molecule has 0 radical (unpaired) electrons. The summed E-state index contributed by atoms with van der Waals surface area (Å²) < 4.78 is 15.2. The number of hydrogen-bond acceptors (Lipinski definition) is 3. The van der Waals surface area contributed by atoms with E-state index in [1.807, 2.05) is 24.3 Å². The molecule has 1 heterocycles. The smallest absolute Gasteiger partial charge is 0.303 e. The predicted octanol–water partition coefficient (Wildman–Crippen LogP) is 4.13. The summed E-state index contributed by atoms with van der Waals surface area (Å²) in [7, 11) is 0. The summed E-state index contributed by atoms with van der Waals surface area (Å²) in [5.41, 5.74) is 1.87. The fourth-order valence-corrected chi connectivity index (χ4v) is 3.14. The third-order valence-corrected chi connectivity index (χ3v) is 4.69. The first-order valence-corrected chi connectivity index (χ1v) is 8.86. The van der Waals surface area contributed by atoms with Gasteiger partial charge in [-0.25, -0.2) is 9.40 Å². The SMILES string of the molecule is O=C(O)CCC(=O)N1N=C(c2ccc(Br)cc2)CC1c1ccccc1F. The number of hydrogen-bond donors (Lipinski definition) is 1. The lowest BCUT2D eigenvalue weighted by Gasteiger charge is -2.22. The van der Waals surface area contributed by atoms with Crippen LogP contribution >= 0.6 is 15.9 Å². The van der Waals surface area contributed by atoms with Gasteiger partial charge in [-0.2, -0.15) is 5.10 Å². The molecule has 7 heteroatoms. The van der Waals surface area contributed by atoms with Gasteiger partial charge in [-0.15, -0.1) is 0 Å². The van der Waals surface area contributed by atoms with Crippen molar-refractivity contribution in [2.45, 2.75) is 25.3 Å². The van der Waals surface area contributed by atoms with Crippen molar-refractivity contribution in [1.82, 2.24) is 5.01 Å². The Morgan fingerprint density at radius 3 is 2.50 bits per heavy atom. The van der Waals surface area contributed by atoms with Crippen molar-refractivity contribution in [3.63, 3.8) is 0 Å². The van der Waals surface area contributed by atoms with Gasteiger partial charge in [-0.05, 0) is 23.8 Å². The van der Waals surface area contributed by atoms with E-state index in [1.165, 1.54) is 11.1 Å². The number of aliphatic carboxylic acids is 1. The molecular weight excluding hydrogens is 403 g/mol. The molecule has 1 aliphatic heterocycles. The summed E-state index contributed by atoms with van der Waals surface area (Å²) in [5, 5.41) is 14.4. The van der Waals surface area contributed by atoms with Gasteiger partial charge in [0, 0.05) is 22.9 Å². The maximum Gasteiger partial charge on any atom is 0.303 e. The van der Waals surface area contributed by atoms with Crippen molar-refractivity contribution >= 4 is 33.5 Å². The molecule has 134 valence electrons. The topological polar surface area (TPSA) is 70.0 Å². The molecule has 0 saturated carbocycles. The van der Waals surface area contributed by atoms with Crippen molar-refractivity contribution in [3.05, 3.63) is 69.9 Å². The van der Waals surface area contributed by atoms with Gasteiger partial charge in [0.2, 0.25) is 5.91 Å². The van der Waals surface area contributed by atoms with E-state index >= 15 is 0 Å². The first-order chi connectivity index (χ1) is 12.5. The van der Waals surface area contributed by atoms with Gasteiger partial charge in [-0.1, -0.05) is 46.3 Å². The molecule has 2 aromatic rings. The van der Waals surface area contributed by atoms with Gasteiger partial charge in [0.1, 0.15) is 5.82 Å². The number of nitrogens with zero attached hydrogens (tertiary/aromatic N) is 2. The first kappa shape index (κ1) is 18.3. The van der Waals surface area contributed by atoms with Crippen molar-refractivity contribution in [2.24, 2.45) is 5.10 Å². The summed E-state index contributed by atoms with van der Waals surface area (Å²) in [6.45, 7) is 0. The minimum atomic E-state index is -1.06. The van der Waals surface area contributed by atoms with Gasteiger partial charge < -0.3 is 5.11 Å². The largest absolute Gasteiger partial charge is 0.481 e. The van der Waals surface area contributed by atoms with Crippen LogP contribution in [0.1, 0.15) is 36.4 Å². The van der Waals surface area contributed by atoms with E-state index in [2.05, 4.69) is 21.0 Å². The Bertz CT molecular complexity index is 867. The zero-order valence-electron chi connectivity index (χ0n) is 13.7. The second kappa shape index (κ2) is 7.78. The van der Waals surface area contributed by atoms with Crippen LogP contribution in [-0.4, -0.2) is 27.7 Å². The Balaban J connectivity index is 1.93. The first-order valence-electron chi connectivity index (χ1n) is 8.07. The van der Waals surface area contributed by atoms with Crippen molar-refractivity contribution in [3.8, 4) is 0 Å². The van der Waals surface area contributed by atoms with E-state index in [4.69, 9.17) is 5.11 Å². The average Bonchev–Trinajstić information content (AvgIpc) is 3.06. The van der Waals surface area contributed by atoms with E-state index in [0.717, 1.165) is 10.0 Å². The van der Waals surface area contributed by atoms with Crippen LogP contribution in [0.4, 0.5) is 4.39 Å². The lowest BCUT2D eigenvalue weighted by Crippen LogP contribution is -2.28. The molecule has 5 nitrogen and oxygen atoms in total. The third kappa shape index (κ3) is 3.99. The second-order valence-corrected chi connectivity index (χ2v) is 6.84. The Hall–Kier alpha value is -2.54. The second-order valence-electron chi connectivity index (χ2n) is 5.93. The molecule has 26 heavy (non-hydrogen) atoms. The van der Waals surface area contributed by atoms with E-state index in [0.29, 0.717) is 17.7 Å². The number of amides is 1. The Morgan fingerprint density at radius 1 is 1.15 bits per heavy atom. The molecule has 2 aromatic carbocycles. The lowest BCUT2D eigenvalue weighted by atomic mass is 9.98. The van der Waals surface area contributed by atoms with Crippen LogP contribution < -0.4 is 0 Å². The van der Waals surface area contributed by atoms with Crippen LogP contribution in [0.5, 0.6) is 0 Å². The molecule has 1 aliphatic rings. The van der Waals surface area contributed by atoms with Gasteiger partial charge in [0.15, 0.2) is 0 Å². The van der Waals surface area contributed by atoms with Crippen LogP contribution in [-0.2, 0) is 9.59 Å². The molecule has 0 spiro atoms. The molecule has 0 bridgehead atoms. The number of carbonyl (C=O) groups is 2. The fourth-order valence-electron chi connectivity index (χ4n) is 2.87. The number of carboxylic acid groups (broad SMARTS) is 1. The fraction of sp³-hybridized carbons (Fsp3) is 0.211. The number of carboxylic acids is 1. The predicted molar refractivity (Wildman–Crippen MR) is 98.2 cm³/mol. The summed E-state index contributed by atoms with van der Waals surface area (Å²) in [4.78, 5) is 23.3. The molecule has 1 amide bonds. The minimum Gasteiger partial charge on any atom is -0.481 e. The van der Waals surface area contributed by atoms with Crippen LogP contribution in [0.25, 0.3) is 0 Å². The molecule has 0 aliphatic carbocycles. The number of carbonyl (C=O) groups excluding carboxylic acids is 1. The third-order valence-electron chi connectivity index (χ3n) is 4.16. The highest BCUT2D eigenvalue weighted by atomic mass is 79.9. The molecular formula is C19H16BrFN2O3. The summed E-state index contributed by atoms with van der Waals surface area (Å²) in [6, 6.07) is 13.1. The maximum atomic E-state index is 14.3. The van der Waals surface area contributed by atoms with E-state index in [1.54, 1.807) is 18.2 Å². The number of halogens is 2. The van der Waals surface area contributed by atoms with Gasteiger partial charge in [0.25, 0.3) is 0 Å². The van der Waals surface area contributed by atoms with E-state index in [9.17, 15) is 14.0 Å². The minimum absolute atomic E-state index is 0.183. The van der Waals surface area contributed by atoms with Gasteiger partial charge >= 0.3 is 5.97 Å². The highest BCUT2D eigenvalue weighted by Crippen LogP contribution is 2.34. The molecule has 0 aromatic heterocycles. The maximum absolute atomic E-state index is 14.3. The van der Waals surface area contributed by atoms with Crippen LogP contribution in [0.3, 0.4) is 0 Å². The van der Waals surface area contributed by atoms with Crippen LogP contribution in [0.2, 0.25) is 0 Å². The highest BCUT2D eigenvalue weighted by Gasteiger charge is 2.34. The molecule has 0 fully saturated rings. The number of hydrazone groups is 1. The standard InChI is InChI=1S/C19H16BrFN2O3/c20-13-7-5-12(6-8-13)16-11-17(14-3-1-2-4-15(14)21)23(22-16)18(24)9-10-19(25)26/h1-8,17H,9-11H2,(H,25,26). The molecule has 1 N–H and O–H groups in total. The Labute approximate surface area is 158 Å². The van der Waals surface area contributed by atoms with Crippen molar-refractivity contribution < 1.29 is 19.1 Å². The zero-order chi connectivity index (χ0) is 18.7.